The summed E-state index contributed by atoms with van der Waals surface area (Å²) in [6.45, 7) is 2.16. The van der Waals surface area contributed by atoms with E-state index in [9.17, 15) is 9.90 Å². The van der Waals surface area contributed by atoms with Crippen LogP contribution >= 0.6 is 11.3 Å². The first-order valence-corrected chi connectivity index (χ1v) is 6.37. The number of nitrogens with one attached hydrogen (secondary N) is 2. The highest BCUT2D eigenvalue weighted by molar-refractivity contribution is 7.07. The van der Waals surface area contributed by atoms with Crippen molar-refractivity contribution in [1.82, 2.24) is 10.6 Å². The molecule has 2 heterocycles. The molecule has 1 aromatic heterocycles. The van der Waals surface area contributed by atoms with E-state index in [-0.39, 0.29) is 5.91 Å². The molecule has 1 unspecified atom stereocenters. The van der Waals surface area contributed by atoms with E-state index in [1.165, 1.54) is 0 Å². The Balaban J connectivity index is 1.68. The number of thiophene rings is 1. The molecular formula is C11H16N2O2S. The molecule has 2 rings (SSSR count). The number of hydrogen-bond donors (Lipinski definition) is 3. The van der Waals surface area contributed by atoms with Crippen LogP contribution in [0.4, 0.5) is 0 Å². The lowest BCUT2D eigenvalue weighted by molar-refractivity contribution is -0.122. The van der Waals surface area contributed by atoms with E-state index >= 15 is 0 Å². The summed E-state index contributed by atoms with van der Waals surface area (Å²) in [5.41, 5.74) is 0.871. The van der Waals surface area contributed by atoms with Gasteiger partial charge in [-0.1, -0.05) is 0 Å². The van der Waals surface area contributed by atoms with Gasteiger partial charge in [-0.3, -0.25) is 4.79 Å². The second-order valence-corrected chi connectivity index (χ2v) is 4.88. The van der Waals surface area contributed by atoms with Crippen LogP contribution in [0.25, 0.3) is 0 Å². The molecule has 1 saturated heterocycles. The number of carbonyl (C=O) groups excluding carboxylic acids is 1. The SMILES string of the molecule is O=C(CC1CNC1)NCC(O)c1ccsc1. The molecule has 88 valence electrons. The monoisotopic (exact) mass is 240 g/mol. The number of rotatable bonds is 5. The van der Waals surface area contributed by atoms with E-state index in [0.29, 0.717) is 18.9 Å². The van der Waals surface area contributed by atoms with E-state index in [0.717, 1.165) is 18.7 Å². The van der Waals surface area contributed by atoms with E-state index in [2.05, 4.69) is 10.6 Å². The molecule has 0 bridgehead atoms. The zero-order valence-corrected chi connectivity index (χ0v) is 9.80. The molecule has 5 heteroatoms. The third-order valence-corrected chi connectivity index (χ3v) is 3.46. The maximum atomic E-state index is 11.5. The maximum Gasteiger partial charge on any atom is 0.220 e. The number of carbonyl (C=O) groups is 1. The molecular weight excluding hydrogens is 224 g/mol. The minimum atomic E-state index is -0.588. The van der Waals surface area contributed by atoms with Crippen LogP contribution in [-0.4, -0.2) is 30.6 Å². The molecule has 0 aromatic carbocycles. The fourth-order valence-electron chi connectivity index (χ4n) is 1.62. The summed E-state index contributed by atoms with van der Waals surface area (Å²) in [5, 5.41) is 19.4. The third kappa shape index (κ3) is 3.04. The van der Waals surface area contributed by atoms with Crippen molar-refractivity contribution >= 4 is 17.2 Å². The Bertz CT molecular complexity index is 336. The molecule has 1 aliphatic heterocycles. The zero-order valence-electron chi connectivity index (χ0n) is 8.98. The zero-order chi connectivity index (χ0) is 11.4. The van der Waals surface area contributed by atoms with Gasteiger partial charge < -0.3 is 15.7 Å². The van der Waals surface area contributed by atoms with Crippen molar-refractivity contribution in [2.45, 2.75) is 12.5 Å². The third-order valence-electron chi connectivity index (χ3n) is 2.76. The molecule has 1 fully saturated rings. The second-order valence-electron chi connectivity index (χ2n) is 4.10. The summed E-state index contributed by atoms with van der Waals surface area (Å²) in [6, 6.07) is 1.87. The van der Waals surface area contributed by atoms with Gasteiger partial charge in [0.2, 0.25) is 5.91 Å². The fraction of sp³-hybridized carbons (Fsp3) is 0.545. The smallest absolute Gasteiger partial charge is 0.220 e. The van der Waals surface area contributed by atoms with E-state index in [1.54, 1.807) is 11.3 Å². The van der Waals surface area contributed by atoms with Crippen LogP contribution in [0, 0.1) is 5.92 Å². The lowest BCUT2D eigenvalue weighted by Crippen LogP contribution is -2.44. The molecule has 1 atom stereocenters. The molecule has 0 spiro atoms. The van der Waals surface area contributed by atoms with Crippen molar-refractivity contribution in [2.75, 3.05) is 19.6 Å². The quantitative estimate of drug-likeness (QED) is 0.702. The number of hydrogen-bond acceptors (Lipinski definition) is 4. The van der Waals surface area contributed by atoms with Crippen molar-refractivity contribution in [3.05, 3.63) is 22.4 Å². The summed E-state index contributed by atoms with van der Waals surface area (Å²) >= 11 is 1.54. The van der Waals surface area contributed by atoms with Gasteiger partial charge in [0.15, 0.2) is 0 Å². The highest BCUT2D eigenvalue weighted by Gasteiger charge is 2.20. The molecule has 1 amide bonds. The van der Waals surface area contributed by atoms with Crippen molar-refractivity contribution in [1.29, 1.82) is 0 Å². The Kier molecular flexibility index (Phi) is 3.93. The van der Waals surface area contributed by atoms with Gasteiger partial charge in [0.25, 0.3) is 0 Å². The number of aliphatic hydroxyl groups excluding tert-OH is 1. The normalized spacial score (nSPS) is 17.8. The maximum absolute atomic E-state index is 11.5. The van der Waals surface area contributed by atoms with Crippen LogP contribution in [0.2, 0.25) is 0 Å². The average Bonchev–Trinajstić information content (AvgIpc) is 2.73. The van der Waals surface area contributed by atoms with Crippen LogP contribution in [0.15, 0.2) is 16.8 Å². The second kappa shape index (κ2) is 5.43. The van der Waals surface area contributed by atoms with Crippen LogP contribution in [0.3, 0.4) is 0 Å². The van der Waals surface area contributed by atoms with Gasteiger partial charge in [-0.05, 0) is 41.4 Å². The summed E-state index contributed by atoms with van der Waals surface area (Å²) in [7, 11) is 0. The Labute approximate surface area is 98.7 Å². The van der Waals surface area contributed by atoms with E-state index in [4.69, 9.17) is 0 Å². The predicted octanol–water partition coefficient (Wildman–Crippen LogP) is 0.507. The first-order valence-electron chi connectivity index (χ1n) is 5.43. The van der Waals surface area contributed by atoms with Gasteiger partial charge in [-0.2, -0.15) is 11.3 Å². The largest absolute Gasteiger partial charge is 0.387 e. The Morgan fingerprint density at radius 2 is 2.50 bits per heavy atom. The molecule has 4 nitrogen and oxygen atoms in total. The van der Waals surface area contributed by atoms with Gasteiger partial charge in [0.1, 0.15) is 0 Å². The first kappa shape index (κ1) is 11.6. The topological polar surface area (TPSA) is 61.4 Å². The minimum absolute atomic E-state index is 0.0285. The molecule has 1 aromatic rings. The molecule has 3 N–H and O–H groups in total. The molecule has 0 saturated carbocycles. The van der Waals surface area contributed by atoms with Crippen LogP contribution < -0.4 is 10.6 Å². The summed E-state index contributed by atoms with van der Waals surface area (Å²) in [4.78, 5) is 11.5. The summed E-state index contributed by atoms with van der Waals surface area (Å²) in [5.74, 6) is 0.499. The highest BCUT2D eigenvalue weighted by atomic mass is 32.1. The number of aliphatic hydroxyl groups is 1. The van der Waals surface area contributed by atoms with Crippen LogP contribution in [0.5, 0.6) is 0 Å². The van der Waals surface area contributed by atoms with Crippen molar-refractivity contribution in [3.8, 4) is 0 Å². The number of amides is 1. The summed E-state index contributed by atoms with van der Waals surface area (Å²) in [6.07, 6.45) is -0.0293. The van der Waals surface area contributed by atoms with Gasteiger partial charge in [0.05, 0.1) is 6.10 Å². The lowest BCUT2D eigenvalue weighted by atomic mass is 9.99. The molecule has 0 radical (unpaired) electrons. The van der Waals surface area contributed by atoms with E-state index in [1.807, 2.05) is 16.8 Å². The van der Waals surface area contributed by atoms with E-state index < -0.39 is 6.10 Å². The Morgan fingerprint density at radius 1 is 1.69 bits per heavy atom. The van der Waals surface area contributed by atoms with Crippen LogP contribution in [-0.2, 0) is 4.79 Å². The van der Waals surface area contributed by atoms with Crippen molar-refractivity contribution < 1.29 is 9.90 Å². The molecule has 16 heavy (non-hydrogen) atoms. The highest BCUT2D eigenvalue weighted by Crippen LogP contribution is 2.15. The van der Waals surface area contributed by atoms with Crippen LogP contribution in [0.1, 0.15) is 18.1 Å². The van der Waals surface area contributed by atoms with Gasteiger partial charge in [0, 0.05) is 13.0 Å². The summed E-state index contributed by atoms with van der Waals surface area (Å²) < 4.78 is 0. The Hall–Kier alpha value is -0.910. The predicted molar refractivity (Wildman–Crippen MR) is 63.3 cm³/mol. The molecule has 1 aliphatic rings. The van der Waals surface area contributed by atoms with Gasteiger partial charge >= 0.3 is 0 Å². The van der Waals surface area contributed by atoms with Crippen molar-refractivity contribution in [2.24, 2.45) is 5.92 Å². The first-order chi connectivity index (χ1) is 7.75. The molecule has 0 aliphatic carbocycles. The standard InChI is InChI=1S/C11H16N2O2S/c14-10(9-1-2-16-7-9)6-13-11(15)3-8-4-12-5-8/h1-2,7-8,10,12,14H,3-6H2,(H,13,15). The minimum Gasteiger partial charge on any atom is -0.387 e. The van der Waals surface area contributed by atoms with Gasteiger partial charge in [-0.25, -0.2) is 0 Å². The fourth-order valence-corrected chi connectivity index (χ4v) is 2.33. The lowest BCUT2D eigenvalue weighted by Gasteiger charge is -2.26. The average molecular weight is 240 g/mol. The van der Waals surface area contributed by atoms with Crippen molar-refractivity contribution in [3.63, 3.8) is 0 Å². The Morgan fingerprint density at radius 3 is 3.06 bits per heavy atom. The van der Waals surface area contributed by atoms with Gasteiger partial charge in [-0.15, -0.1) is 0 Å².